The van der Waals surface area contributed by atoms with Gasteiger partial charge in [-0.25, -0.2) is 8.42 Å². The van der Waals surface area contributed by atoms with Crippen LogP contribution < -0.4 is 5.73 Å². The molecule has 0 bridgehead atoms. The molecule has 1 aliphatic carbocycles. The lowest BCUT2D eigenvalue weighted by atomic mass is 9.85. The Bertz CT molecular complexity index is 590. The van der Waals surface area contributed by atoms with Crippen molar-refractivity contribution in [2.45, 2.75) is 56.9 Å². The van der Waals surface area contributed by atoms with Crippen LogP contribution in [-0.2, 0) is 10.0 Å². The van der Waals surface area contributed by atoms with Crippen LogP contribution in [0.15, 0.2) is 23.1 Å². The highest BCUT2D eigenvalue weighted by Gasteiger charge is 2.32. The Kier molecular flexibility index (Phi) is 4.94. The topological polar surface area (TPSA) is 63.4 Å². The van der Waals surface area contributed by atoms with Crippen molar-refractivity contribution in [1.29, 1.82) is 0 Å². The minimum atomic E-state index is -3.50. The van der Waals surface area contributed by atoms with Gasteiger partial charge in [0, 0.05) is 13.1 Å². The van der Waals surface area contributed by atoms with E-state index in [9.17, 15) is 8.42 Å². The lowest BCUT2D eigenvalue weighted by Crippen LogP contribution is -2.39. The number of hydrogen-bond donors (Lipinski definition) is 1. The van der Waals surface area contributed by atoms with Gasteiger partial charge >= 0.3 is 0 Å². The second-order valence-corrected chi connectivity index (χ2v) is 8.11. The van der Waals surface area contributed by atoms with Crippen LogP contribution in [0.4, 0.5) is 5.69 Å². The van der Waals surface area contributed by atoms with Crippen molar-refractivity contribution in [2.75, 3.05) is 12.8 Å². The monoisotopic (exact) mass is 310 g/mol. The Hall–Kier alpha value is -1.07. The molecule has 0 spiro atoms. The van der Waals surface area contributed by atoms with E-state index in [2.05, 4.69) is 6.92 Å². The standard InChI is InChI=1S/C16H26N2O2S/c1-4-13-6-8-14(9-7-13)18(3)21(19,20)16-10-5-12(2)11-15(16)17/h5,10-11,13-14H,4,6-9,17H2,1-3H3. The van der Waals surface area contributed by atoms with Gasteiger partial charge in [0.1, 0.15) is 4.90 Å². The molecule has 1 aromatic carbocycles. The highest BCUT2D eigenvalue weighted by molar-refractivity contribution is 7.89. The first kappa shape index (κ1) is 16.3. The van der Waals surface area contributed by atoms with Crippen LogP contribution in [0.3, 0.4) is 0 Å². The van der Waals surface area contributed by atoms with E-state index in [0.717, 1.165) is 37.2 Å². The quantitative estimate of drug-likeness (QED) is 0.869. The maximum atomic E-state index is 12.8. The third-order valence-electron chi connectivity index (χ3n) is 4.73. The van der Waals surface area contributed by atoms with Gasteiger partial charge in [0.2, 0.25) is 10.0 Å². The minimum absolute atomic E-state index is 0.0958. The molecular weight excluding hydrogens is 284 g/mol. The zero-order chi connectivity index (χ0) is 15.6. The van der Waals surface area contributed by atoms with Crippen LogP contribution in [0, 0.1) is 12.8 Å². The molecular formula is C16H26N2O2S. The van der Waals surface area contributed by atoms with E-state index < -0.39 is 10.0 Å². The number of nitrogen functional groups attached to an aromatic ring is 1. The number of hydrogen-bond acceptors (Lipinski definition) is 3. The maximum Gasteiger partial charge on any atom is 0.245 e. The summed E-state index contributed by atoms with van der Waals surface area (Å²) in [5, 5.41) is 0. The minimum Gasteiger partial charge on any atom is -0.398 e. The summed E-state index contributed by atoms with van der Waals surface area (Å²) in [5.41, 5.74) is 7.22. The fourth-order valence-corrected chi connectivity index (χ4v) is 4.68. The van der Waals surface area contributed by atoms with Crippen LogP contribution in [0.5, 0.6) is 0 Å². The lowest BCUT2D eigenvalue weighted by Gasteiger charge is -2.33. The number of benzene rings is 1. The van der Waals surface area contributed by atoms with Crippen LogP contribution in [0.1, 0.15) is 44.6 Å². The van der Waals surface area contributed by atoms with Gasteiger partial charge in [0.05, 0.1) is 5.69 Å². The molecule has 1 fully saturated rings. The molecule has 1 saturated carbocycles. The molecule has 21 heavy (non-hydrogen) atoms. The number of sulfonamides is 1. The first-order valence-electron chi connectivity index (χ1n) is 7.70. The zero-order valence-electron chi connectivity index (χ0n) is 13.2. The van der Waals surface area contributed by atoms with Crippen LogP contribution in [0.25, 0.3) is 0 Å². The fraction of sp³-hybridized carbons (Fsp3) is 0.625. The van der Waals surface area contributed by atoms with Crippen molar-refractivity contribution in [3.05, 3.63) is 23.8 Å². The summed E-state index contributed by atoms with van der Waals surface area (Å²) in [6.07, 6.45) is 5.31. The van der Waals surface area contributed by atoms with E-state index in [1.54, 1.807) is 25.2 Å². The predicted octanol–water partition coefficient (Wildman–Crippen LogP) is 3.17. The van der Waals surface area contributed by atoms with Crippen molar-refractivity contribution >= 4 is 15.7 Å². The Morgan fingerprint density at radius 3 is 2.38 bits per heavy atom. The molecule has 0 amide bonds. The van der Waals surface area contributed by atoms with Crippen LogP contribution in [-0.4, -0.2) is 25.8 Å². The molecule has 0 unspecified atom stereocenters. The second kappa shape index (κ2) is 6.36. The van der Waals surface area contributed by atoms with Crippen molar-refractivity contribution in [1.82, 2.24) is 4.31 Å². The molecule has 0 atom stereocenters. The third kappa shape index (κ3) is 3.40. The normalized spacial score (nSPS) is 23.4. The Morgan fingerprint density at radius 1 is 1.24 bits per heavy atom. The molecule has 1 aromatic rings. The maximum absolute atomic E-state index is 12.8. The molecule has 0 aliphatic heterocycles. The van der Waals surface area contributed by atoms with Crippen molar-refractivity contribution in [3.8, 4) is 0 Å². The number of rotatable bonds is 4. The smallest absolute Gasteiger partial charge is 0.245 e. The summed E-state index contributed by atoms with van der Waals surface area (Å²) in [6, 6.07) is 5.23. The number of nitrogens with two attached hydrogens (primary N) is 1. The fourth-order valence-electron chi connectivity index (χ4n) is 3.17. The molecule has 118 valence electrons. The van der Waals surface area contributed by atoms with Gasteiger partial charge in [-0.15, -0.1) is 0 Å². The van der Waals surface area contributed by atoms with Gasteiger partial charge in [0.25, 0.3) is 0 Å². The van der Waals surface area contributed by atoms with E-state index in [4.69, 9.17) is 5.73 Å². The summed E-state index contributed by atoms with van der Waals surface area (Å²) in [4.78, 5) is 0.230. The zero-order valence-corrected chi connectivity index (χ0v) is 14.0. The Labute approximate surface area is 128 Å². The average Bonchev–Trinajstić information content (AvgIpc) is 2.46. The second-order valence-electron chi connectivity index (χ2n) is 6.15. The van der Waals surface area contributed by atoms with E-state index in [-0.39, 0.29) is 10.9 Å². The number of anilines is 1. The lowest BCUT2D eigenvalue weighted by molar-refractivity contribution is 0.233. The molecule has 0 aromatic heterocycles. The van der Waals surface area contributed by atoms with E-state index in [1.165, 1.54) is 10.7 Å². The van der Waals surface area contributed by atoms with E-state index in [1.807, 2.05) is 6.92 Å². The summed E-state index contributed by atoms with van der Waals surface area (Å²) in [6.45, 7) is 4.11. The van der Waals surface area contributed by atoms with E-state index >= 15 is 0 Å². The van der Waals surface area contributed by atoms with Gasteiger partial charge in [-0.1, -0.05) is 19.4 Å². The van der Waals surface area contributed by atoms with Crippen molar-refractivity contribution in [3.63, 3.8) is 0 Å². The molecule has 1 aliphatic rings. The van der Waals surface area contributed by atoms with Crippen LogP contribution >= 0.6 is 0 Å². The van der Waals surface area contributed by atoms with Gasteiger partial charge in [-0.05, 0) is 56.2 Å². The summed E-state index contributed by atoms with van der Waals surface area (Å²) < 4.78 is 27.0. The first-order chi connectivity index (χ1) is 9.86. The van der Waals surface area contributed by atoms with Crippen molar-refractivity contribution < 1.29 is 8.42 Å². The van der Waals surface area contributed by atoms with E-state index in [0.29, 0.717) is 5.69 Å². The largest absolute Gasteiger partial charge is 0.398 e. The van der Waals surface area contributed by atoms with Gasteiger partial charge in [-0.2, -0.15) is 4.31 Å². The van der Waals surface area contributed by atoms with Crippen molar-refractivity contribution in [2.24, 2.45) is 5.92 Å². The number of nitrogens with zero attached hydrogens (tertiary/aromatic N) is 1. The Balaban J connectivity index is 2.19. The first-order valence-corrected chi connectivity index (χ1v) is 9.14. The predicted molar refractivity (Wildman–Crippen MR) is 86.6 cm³/mol. The highest BCUT2D eigenvalue weighted by atomic mass is 32.2. The summed E-state index contributed by atoms with van der Waals surface area (Å²) in [7, 11) is -1.82. The van der Waals surface area contributed by atoms with Gasteiger partial charge < -0.3 is 5.73 Å². The molecule has 0 radical (unpaired) electrons. The molecule has 5 heteroatoms. The highest BCUT2D eigenvalue weighted by Crippen LogP contribution is 2.32. The Morgan fingerprint density at radius 2 is 1.86 bits per heavy atom. The molecule has 2 N–H and O–H groups in total. The van der Waals surface area contributed by atoms with Gasteiger partial charge in [-0.3, -0.25) is 0 Å². The SMILES string of the molecule is CCC1CCC(N(C)S(=O)(=O)c2ccc(C)cc2N)CC1. The summed E-state index contributed by atoms with van der Waals surface area (Å²) in [5.74, 6) is 0.752. The average molecular weight is 310 g/mol. The number of aryl methyl sites for hydroxylation is 1. The molecule has 4 nitrogen and oxygen atoms in total. The van der Waals surface area contributed by atoms with Gasteiger partial charge in [0.15, 0.2) is 0 Å². The molecule has 0 saturated heterocycles. The third-order valence-corrected chi connectivity index (χ3v) is 6.71. The molecule has 2 rings (SSSR count). The summed E-state index contributed by atoms with van der Waals surface area (Å²) >= 11 is 0. The van der Waals surface area contributed by atoms with Crippen LogP contribution in [0.2, 0.25) is 0 Å². The molecule has 0 heterocycles.